The van der Waals surface area contributed by atoms with Crippen molar-refractivity contribution in [3.05, 3.63) is 58.1 Å². The van der Waals surface area contributed by atoms with Crippen molar-refractivity contribution in [3.63, 3.8) is 0 Å². The van der Waals surface area contributed by atoms with Gasteiger partial charge in [0.05, 0.1) is 18.7 Å². The van der Waals surface area contributed by atoms with Gasteiger partial charge in [0.1, 0.15) is 17.3 Å². The Morgan fingerprint density at radius 1 is 1.21 bits per heavy atom. The molecule has 2 aromatic rings. The molecular weight excluding hydrogens is 442 g/mol. The molecule has 0 unspecified atom stereocenters. The molecule has 0 fully saturated rings. The van der Waals surface area contributed by atoms with Crippen LogP contribution in [0, 0.1) is 5.41 Å². The topological polar surface area (TPSA) is 149 Å². The molecule has 0 bridgehead atoms. The van der Waals surface area contributed by atoms with E-state index in [1.54, 1.807) is 24.5 Å². The van der Waals surface area contributed by atoms with E-state index in [0.717, 1.165) is 0 Å². The van der Waals surface area contributed by atoms with Crippen molar-refractivity contribution in [2.75, 3.05) is 19.8 Å². The summed E-state index contributed by atoms with van der Waals surface area (Å²) in [4.78, 5) is 38.7. The highest BCUT2D eigenvalue weighted by atomic mass is 16.6. The third kappa shape index (κ3) is 5.18. The van der Waals surface area contributed by atoms with Crippen LogP contribution in [0.25, 0.3) is 0 Å². The van der Waals surface area contributed by atoms with E-state index >= 15 is 0 Å². The van der Waals surface area contributed by atoms with E-state index in [-0.39, 0.29) is 49.4 Å². The molecule has 1 aliphatic rings. The number of Topliss-reactive ketones (excluding diaryl/α,β-unsaturated/α-hetero) is 1. The second-order valence-corrected chi connectivity index (χ2v) is 7.73. The Balaban J connectivity index is 1.77. The number of nitrogens with one attached hydrogen (secondary N) is 2. The highest BCUT2D eigenvalue weighted by Gasteiger charge is 2.30. The minimum absolute atomic E-state index is 0.0580. The summed E-state index contributed by atoms with van der Waals surface area (Å²) in [7, 11) is 0. The predicted molar refractivity (Wildman–Crippen MR) is 121 cm³/mol. The van der Waals surface area contributed by atoms with Crippen LogP contribution in [0.4, 0.5) is 0 Å². The number of esters is 1. The number of rotatable bonds is 10. The Bertz CT molecular complexity index is 1130. The first kappa shape index (κ1) is 24.7. The molecule has 4 N–H and O–H groups in total. The molecule has 0 radical (unpaired) electrons. The number of hydrogen-bond donors (Lipinski definition) is 4. The third-order valence-electron chi connectivity index (χ3n) is 5.41. The molecule has 1 amide bonds. The number of hydrogen-bond acceptors (Lipinski definition) is 8. The van der Waals surface area contributed by atoms with Crippen LogP contribution in [0.5, 0.6) is 11.5 Å². The third-order valence-corrected chi connectivity index (χ3v) is 5.41. The molecule has 180 valence electrons. The molecular formula is C24H27N3O7. The Hall–Kier alpha value is -3.92. The van der Waals surface area contributed by atoms with Gasteiger partial charge in [0.15, 0.2) is 12.4 Å². The molecule has 1 heterocycles. The van der Waals surface area contributed by atoms with Crippen molar-refractivity contribution in [2.24, 2.45) is 0 Å². The monoisotopic (exact) mass is 469 g/mol. The number of carbonyl (C=O) groups excluding carboxylic acids is 3. The second kappa shape index (κ2) is 10.8. The van der Waals surface area contributed by atoms with E-state index in [2.05, 4.69) is 0 Å². The smallest absolute Gasteiger partial charge is 0.344 e. The fourth-order valence-corrected chi connectivity index (χ4v) is 3.80. The average molecular weight is 469 g/mol. The van der Waals surface area contributed by atoms with Crippen LogP contribution < -0.4 is 10.2 Å². The van der Waals surface area contributed by atoms with Gasteiger partial charge >= 0.3 is 5.97 Å². The van der Waals surface area contributed by atoms with Crippen LogP contribution in [-0.2, 0) is 22.5 Å². The summed E-state index contributed by atoms with van der Waals surface area (Å²) in [5.74, 6) is -1.46. The quantitative estimate of drug-likeness (QED) is 0.136. The Kier molecular flexibility index (Phi) is 7.85. The maximum atomic E-state index is 13.0. The minimum Gasteiger partial charge on any atom is -0.507 e. The number of fused-ring (bicyclic) bond motifs is 1. The number of phenols is 1. The lowest BCUT2D eigenvalue weighted by atomic mass is 10.0. The van der Waals surface area contributed by atoms with Crippen molar-refractivity contribution < 1.29 is 34.2 Å². The maximum Gasteiger partial charge on any atom is 0.344 e. The number of carbonyl (C=O) groups is 3. The summed E-state index contributed by atoms with van der Waals surface area (Å²) in [5.41, 5.74) is 3.69. The van der Waals surface area contributed by atoms with Gasteiger partial charge in [-0.25, -0.2) is 4.79 Å². The van der Waals surface area contributed by atoms with E-state index in [1.165, 1.54) is 23.1 Å². The zero-order chi connectivity index (χ0) is 24.8. The van der Waals surface area contributed by atoms with Gasteiger partial charge in [0, 0.05) is 23.2 Å². The molecule has 10 heteroatoms. The van der Waals surface area contributed by atoms with Crippen molar-refractivity contribution in [1.82, 2.24) is 10.4 Å². The van der Waals surface area contributed by atoms with E-state index in [9.17, 15) is 19.5 Å². The van der Waals surface area contributed by atoms with Crippen molar-refractivity contribution in [1.29, 1.82) is 5.41 Å². The number of ether oxygens (including phenoxy) is 2. The van der Waals surface area contributed by atoms with E-state index < -0.39 is 11.8 Å². The second-order valence-electron chi connectivity index (χ2n) is 7.73. The number of amides is 1. The lowest BCUT2D eigenvalue weighted by Gasteiger charge is -2.17. The van der Waals surface area contributed by atoms with E-state index in [1.807, 2.05) is 6.92 Å². The Labute approximate surface area is 196 Å². The lowest BCUT2D eigenvalue weighted by molar-refractivity contribution is -0.145. The normalized spacial score (nSPS) is 12.3. The number of nitrogens with zero attached hydrogens (tertiary/aromatic N) is 1. The molecule has 0 atom stereocenters. The summed E-state index contributed by atoms with van der Waals surface area (Å²) in [5, 5.41) is 27.4. The molecule has 10 nitrogen and oxygen atoms in total. The van der Waals surface area contributed by atoms with Crippen LogP contribution in [-0.4, -0.2) is 58.5 Å². The van der Waals surface area contributed by atoms with Crippen molar-refractivity contribution in [2.45, 2.75) is 33.2 Å². The van der Waals surface area contributed by atoms with Crippen LogP contribution in [0.15, 0.2) is 30.3 Å². The minimum atomic E-state index is -0.537. The van der Waals surface area contributed by atoms with Crippen LogP contribution >= 0.6 is 0 Å². The van der Waals surface area contributed by atoms with Gasteiger partial charge in [-0.3, -0.25) is 25.7 Å². The van der Waals surface area contributed by atoms with Crippen molar-refractivity contribution >= 4 is 23.5 Å². The van der Waals surface area contributed by atoms with Crippen LogP contribution in [0.1, 0.15) is 57.7 Å². The predicted octanol–water partition coefficient (Wildman–Crippen LogP) is 2.43. The highest BCUT2D eigenvalue weighted by Crippen LogP contribution is 2.34. The average Bonchev–Trinajstić information content (AvgIpc) is 3.13. The number of benzene rings is 2. The van der Waals surface area contributed by atoms with Gasteiger partial charge in [-0.05, 0) is 43.2 Å². The summed E-state index contributed by atoms with van der Waals surface area (Å²) in [6.45, 7) is 3.42. The van der Waals surface area contributed by atoms with Crippen LogP contribution in [0.3, 0.4) is 0 Å². The van der Waals surface area contributed by atoms with Gasteiger partial charge in [-0.15, -0.1) is 0 Å². The fourth-order valence-electron chi connectivity index (χ4n) is 3.80. The number of aromatic hydroxyl groups is 1. The molecule has 3 rings (SSSR count). The first-order valence-corrected chi connectivity index (χ1v) is 10.9. The summed E-state index contributed by atoms with van der Waals surface area (Å²) in [6.07, 6.45) is 1.09. The van der Waals surface area contributed by atoms with Crippen LogP contribution in [0.2, 0.25) is 0 Å². The number of hydroxylamine groups is 1. The molecule has 0 aliphatic carbocycles. The van der Waals surface area contributed by atoms with Gasteiger partial charge in [0.25, 0.3) is 5.91 Å². The van der Waals surface area contributed by atoms with Gasteiger partial charge in [0.2, 0.25) is 0 Å². The fraction of sp³-hybridized carbons (Fsp3) is 0.333. The summed E-state index contributed by atoms with van der Waals surface area (Å²) >= 11 is 0. The molecule has 0 spiro atoms. The van der Waals surface area contributed by atoms with Crippen molar-refractivity contribution in [3.8, 4) is 11.5 Å². The SMILES string of the molecule is CCCc1c(OCC(=O)OCC)ccc(C(=O)CN2Cc3cc(C(=N)NO)ccc3C2=O)c1O. The summed E-state index contributed by atoms with van der Waals surface area (Å²) < 4.78 is 10.3. The maximum absolute atomic E-state index is 13.0. The Morgan fingerprint density at radius 3 is 2.65 bits per heavy atom. The van der Waals surface area contributed by atoms with Gasteiger partial charge in [-0.2, -0.15) is 0 Å². The molecule has 0 aromatic heterocycles. The Morgan fingerprint density at radius 2 is 1.97 bits per heavy atom. The molecule has 2 aromatic carbocycles. The first-order chi connectivity index (χ1) is 16.3. The summed E-state index contributed by atoms with van der Waals surface area (Å²) in [6, 6.07) is 7.63. The number of amidine groups is 1. The van der Waals surface area contributed by atoms with Gasteiger partial charge < -0.3 is 19.5 Å². The first-order valence-electron chi connectivity index (χ1n) is 10.9. The zero-order valence-corrected chi connectivity index (χ0v) is 19.0. The number of phenolic OH excluding ortho intramolecular Hbond substituents is 1. The van der Waals surface area contributed by atoms with E-state index in [4.69, 9.17) is 20.1 Å². The highest BCUT2D eigenvalue weighted by molar-refractivity contribution is 6.06. The molecule has 0 saturated carbocycles. The molecule has 1 aliphatic heterocycles. The standard InChI is InChI=1S/C24H27N3O7/c1-3-5-18-20(34-13-21(29)33-4-2)9-8-17(22(18)30)19(28)12-27-11-15-10-14(23(25)26-32)6-7-16(15)24(27)31/h6-10,30,32H,3-5,11-13H2,1-2H3,(H2,25,26). The molecule has 0 saturated heterocycles. The van der Waals surface area contributed by atoms with E-state index in [0.29, 0.717) is 40.8 Å². The lowest BCUT2D eigenvalue weighted by Crippen LogP contribution is -2.30. The molecule has 34 heavy (non-hydrogen) atoms. The number of ketones is 1. The zero-order valence-electron chi connectivity index (χ0n) is 19.0. The largest absolute Gasteiger partial charge is 0.507 e. The van der Waals surface area contributed by atoms with Gasteiger partial charge in [-0.1, -0.05) is 19.4 Å².